The Hall–Kier alpha value is -2.58. The molecule has 0 saturated heterocycles. The topological polar surface area (TPSA) is 78.3 Å². The number of aromatic hydroxyl groups is 1. The predicted octanol–water partition coefficient (Wildman–Crippen LogP) is 3.03. The highest BCUT2D eigenvalue weighted by molar-refractivity contribution is 5.78. The highest BCUT2D eigenvalue weighted by Crippen LogP contribution is 2.40. The molecule has 1 fully saturated rings. The van der Waals surface area contributed by atoms with Gasteiger partial charge in [0.1, 0.15) is 11.4 Å². The van der Waals surface area contributed by atoms with E-state index in [-0.39, 0.29) is 11.8 Å². The maximum atomic E-state index is 10.4. The molecular weight excluding hydrogens is 326 g/mol. The molecule has 0 atom stereocenters. The molecule has 2 aliphatic carbocycles. The van der Waals surface area contributed by atoms with Crippen molar-refractivity contribution in [3.63, 3.8) is 0 Å². The van der Waals surface area contributed by atoms with Crippen LogP contribution in [0.1, 0.15) is 49.3 Å². The van der Waals surface area contributed by atoms with Gasteiger partial charge >= 0.3 is 0 Å². The lowest BCUT2D eigenvalue weighted by Crippen LogP contribution is -2.48. The lowest BCUT2D eigenvalue weighted by Gasteiger charge is -2.41. The highest BCUT2D eigenvalue weighted by atomic mass is 16.3. The molecule has 0 aliphatic heterocycles. The lowest BCUT2D eigenvalue weighted by molar-refractivity contribution is -0.0235. The molecule has 1 saturated carbocycles. The van der Waals surface area contributed by atoms with Crippen LogP contribution in [0.5, 0.6) is 5.75 Å². The van der Waals surface area contributed by atoms with Crippen LogP contribution < -0.4 is 5.32 Å². The van der Waals surface area contributed by atoms with E-state index in [1.165, 1.54) is 5.56 Å². The van der Waals surface area contributed by atoms with Gasteiger partial charge in [-0.3, -0.25) is 0 Å². The summed E-state index contributed by atoms with van der Waals surface area (Å²) in [5, 5.41) is 32.7. The van der Waals surface area contributed by atoms with Crippen LogP contribution in [0.3, 0.4) is 0 Å². The van der Waals surface area contributed by atoms with Gasteiger partial charge in [0.15, 0.2) is 5.82 Å². The average molecular weight is 349 g/mol. The Morgan fingerprint density at radius 1 is 1.19 bits per heavy atom. The Morgan fingerprint density at radius 2 is 1.92 bits per heavy atom. The van der Waals surface area contributed by atoms with Crippen LogP contribution >= 0.6 is 0 Å². The molecule has 4 rings (SSSR count). The van der Waals surface area contributed by atoms with Crippen molar-refractivity contribution in [3.8, 4) is 29.4 Å². The summed E-state index contributed by atoms with van der Waals surface area (Å²) in [6, 6.07) is 5.42. The molecule has 0 unspecified atom stereocenters. The third kappa shape index (κ3) is 2.91. The van der Waals surface area contributed by atoms with Gasteiger partial charge in [0.2, 0.25) is 0 Å². The van der Waals surface area contributed by atoms with Gasteiger partial charge in [-0.25, -0.2) is 0 Å². The Balaban J connectivity index is 1.76. The van der Waals surface area contributed by atoms with Crippen LogP contribution in [0.2, 0.25) is 0 Å². The minimum absolute atomic E-state index is 0.137. The third-order valence-electron chi connectivity index (χ3n) is 5.44. The SMILES string of the molecule is C#Cc1cccc(O)c1-c1nnc(NC2CC(C)(O)C2)c2c1CCCC2. The number of aliphatic hydroxyl groups is 1. The molecule has 26 heavy (non-hydrogen) atoms. The van der Waals surface area contributed by atoms with Gasteiger partial charge in [-0.05, 0) is 63.1 Å². The van der Waals surface area contributed by atoms with E-state index in [9.17, 15) is 10.2 Å². The monoisotopic (exact) mass is 349 g/mol. The molecular formula is C21H23N3O2. The molecule has 5 nitrogen and oxygen atoms in total. The first-order chi connectivity index (χ1) is 12.5. The van der Waals surface area contributed by atoms with E-state index < -0.39 is 5.60 Å². The molecule has 0 radical (unpaired) electrons. The molecule has 0 bridgehead atoms. The fraction of sp³-hybridized carbons (Fsp3) is 0.429. The molecule has 2 aromatic rings. The fourth-order valence-electron chi connectivity index (χ4n) is 4.17. The number of phenols is 1. The van der Waals surface area contributed by atoms with Crippen molar-refractivity contribution in [2.75, 3.05) is 5.32 Å². The number of hydrogen-bond acceptors (Lipinski definition) is 5. The van der Waals surface area contributed by atoms with Crippen LogP contribution in [0.15, 0.2) is 18.2 Å². The minimum atomic E-state index is -0.581. The first-order valence-electron chi connectivity index (χ1n) is 9.15. The number of phenolic OH excluding ortho intramolecular Hbond substituents is 1. The van der Waals surface area contributed by atoms with Crippen LogP contribution in [-0.4, -0.2) is 32.1 Å². The Bertz CT molecular complexity index is 891. The van der Waals surface area contributed by atoms with E-state index in [1.807, 2.05) is 13.0 Å². The Labute approximate surface area is 153 Å². The summed E-state index contributed by atoms with van der Waals surface area (Å²) in [4.78, 5) is 0. The number of nitrogens with zero attached hydrogens (tertiary/aromatic N) is 2. The molecule has 1 aromatic heterocycles. The summed E-state index contributed by atoms with van der Waals surface area (Å²) in [6.45, 7) is 1.86. The zero-order valence-corrected chi connectivity index (χ0v) is 14.9. The van der Waals surface area contributed by atoms with Crippen molar-refractivity contribution >= 4 is 5.82 Å². The highest BCUT2D eigenvalue weighted by Gasteiger charge is 2.39. The average Bonchev–Trinajstić information content (AvgIpc) is 2.60. The molecule has 0 spiro atoms. The van der Waals surface area contributed by atoms with Gasteiger partial charge in [0, 0.05) is 17.2 Å². The van der Waals surface area contributed by atoms with E-state index in [1.54, 1.807) is 12.1 Å². The predicted molar refractivity (Wildman–Crippen MR) is 101 cm³/mol. The van der Waals surface area contributed by atoms with Crippen molar-refractivity contribution in [1.29, 1.82) is 0 Å². The summed E-state index contributed by atoms with van der Waals surface area (Å²) < 4.78 is 0. The maximum absolute atomic E-state index is 10.4. The summed E-state index contributed by atoms with van der Waals surface area (Å²) >= 11 is 0. The molecule has 1 aromatic carbocycles. The second-order valence-electron chi connectivity index (χ2n) is 7.65. The number of nitrogens with one attached hydrogen (secondary N) is 1. The number of fused-ring (bicyclic) bond motifs is 1. The number of aromatic nitrogens is 2. The Morgan fingerprint density at radius 3 is 2.62 bits per heavy atom. The van der Waals surface area contributed by atoms with Gasteiger partial charge in [0.05, 0.1) is 11.2 Å². The van der Waals surface area contributed by atoms with E-state index in [0.29, 0.717) is 29.7 Å². The van der Waals surface area contributed by atoms with Crippen LogP contribution in [0, 0.1) is 12.3 Å². The quantitative estimate of drug-likeness (QED) is 0.743. The molecule has 2 aliphatic rings. The van der Waals surface area contributed by atoms with Gasteiger partial charge in [-0.15, -0.1) is 16.6 Å². The fourth-order valence-corrected chi connectivity index (χ4v) is 4.17. The van der Waals surface area contributed by atoms with Crippen molar-refractivity contribution < 1.29 is 10.2 Å². The van der Waals surface area contributed by atoms with E-state index in [4.69, 9.17) is 6.42 Å². The summed E-state index contributed by atoms with van der Waals surface area (Å²) in [6.07, 6.45) is 11.1. The first-order valence-corrected chi connectivity index (χ1v) is 9.15. The van der Waals surface area contributed by atoms with Crippen LogP contribution in [0.4, 0.5) is 5.82 Å². The maximum Gasteiger partial charge on any atom is 0.152 e. The van der Waals surface area contributed by atoms with E-state index >= 15 is 0 Å². The van der Waals surface area contributed by atoms with Gasteiger partial charge in [0.25, 0.3) is 0 Å². The van der Waals surface area contributed by atoms with Crippen LogP contribution in [-0.2, 0) is 12.8 Å². The van der Waals surface area contributed by atoms with Gasteiger partial charge in [-0.2, -0.15) is 0 Å². The molecule has 5 heteroatoms. The third-order valence-corrected chi connectivity index (χ3v) is 5.44. The van der Waals surface area contributed by atoms with E-state index in [2.05, 4.69) is 21.4 Å². The first kappa shape index (κ1) is 16.9. The van der Waals surface area contributed by atoms with Gasteiger partial charge in [-0.1, -0.05) is 12.0 Å². The Kier molecular flexibility index (Phi) is 4.08. The van der Waals surface area contributed by atoms with E-state index in [0.717, 1.165) is 37.1 Å². The second kappa shape index (κ2) is 6.30. The number of benzene rings is 1. The molecule has 134 valence electrons. The molecule has 1 heterocycles. The standard InChI is InChI=1S/C21H23N3O2/c1-3-13-7-6-10-17(25)18(13)19-15-8-4-5-9-16(15)20(24-23-19)22-14-11-21(2,26)12-14/h1,6-7,10,14,25-26H,4-5,8-9,11-12H2,2H3,(H,22,24). The normalized spacial score (nSPS) is 24.3. The van der Waals surface area contributed by atoms with Crippen molar-refractivity contribution in [3.05, 3.63) is 34.9 Å². The van der Waals surface area contributed by atoms with Crippen LogP contribution in [0.25, 0.3) is 11.3 Å². The zero-order valence-electron chi connectivity index (χ0n) is 14.9. The van der Waals surface area contributed by atoms with Crippen molar-refractivity contribution in [2.24, 2.45) is 0 Å². The number of hydrogen-bond donors (Lipinski definition) is 3. The smallest absolute Gasteiger partial charge is 0.152 e. The van der Waals surface area contributed by atoms with Crippen molar-refractivity contribution in [1.82, 2.24) is 10.2 Å². The number of rotatable bonds is 3. The second-order valence-corrected chi connectivity index (χ2v) is 7.65. The summed E-state index contributed by atoms with van der Waals surface area (Å²) in [5.74, 6) is 3.59. The zero-order chi connectivity index (χ0) is 18.3. The lowest BCUT2D eigenvalue weighted by atomic mass is 9.77. The minimum Gasteiger partial charge on any atom is -0.507 e. The molecule has 3 N–H and O–H groups in total. The largest absolute Gasteiger partial charge is 0.507 e. The number of terminal acetylenes is 1. The van der Waals surface area contributed by atoms with Gasteiger partial charge < -0.3 is 15.5 Å². The van der Waals surface area contributed by atoms with Crippen molar-refractivity contribution in [2.45, 2.75) is 57.1 Å². The summed E-state index contributed by atoms with van der Waals surface area (Å²) in [5.41, 5.74) is 3.62. The molecule has 0 amide bonds. The number of anilines is 1. The summed E-state index contributed by atoms with van der Waals surface area (Å²) in [7, 11) is 0.